The van der Waals surface area contributed by atoms with E-state index in [1.165, 1.54) is 23.5 Å². The second-order valence-corrected chi connectivity index (χ2v) is 9.33. The molecule has 0 saturated carbocycles. The molecule has 1 atom stereocenters. The van der Waals surface area contributed by atoms with Crippen molar-refractivity contribution in [2.75, 3.05) is 0 Å². The van der Waals surface area contributed by atoms with E-state index in [4.69, 9.17) is 14.7 Å². The molecular weight excluding hydrogens is 401 g/mol. The summed E-state index contributed by atoms with van der Waals surface area (Å²) in [5.74, 6) is -4.14. The van der Waals surface area contributed by atoms with Crippen molar-refractivity contribution in [3.05, 3.63) is 82.9 Å². The van der Waals surface area contributed by atoms with E-state index in [1.807, 2.05) is 0 Å². The van der Waals surface area contributed by atoms with E-state index in [-0.39, 0.29) is 5.56 Å². The Bertz CT molecular complexity index is 1100. The van der Waals surface area contributed by atoms with Gasteiger partial charge in [-0.25, -0.2) is 8.78 Å². The number of ketones is 1. The van der Waals surface area contributed by atoms with Crippen LogP contribution in [0.2, 0.25) is 0 Å². The Morgan fingerprint density at radius 2 is 1.62 bits per heavy atom. The number of halogens is 2. The smallest absolute Gasteiger partial charge is 0.304 e. The summed E-state index contributed by atoms with van der Waals surface area (Å²) in [6.45, 7) is 0. The van der Waals surface area contributed by atoms with Gasteiger partial charge in [0.05, 0.1) is 4.55 Å². The molecule has 0 aliphatic carbocycles. The van der Waals surface area contributed by atoms with Crippen molar-refractivity contribution < 1.29 is 30.9 Å². The summed E-state index contributed by atoms with van der Waals surface area (Å²) < 4.78 is 61.9. The van der Waals surface area contributed by atoms with Crippen molar-refractivity contribution in [3.8, 4) is 0 Å². The molecule has 1 aliphatic heterocycles. The maximum Gasteiger partial charge on any atom is 0.304 e. The van der Waals surface area contributed by atoms with E-state index in [1.54, 1.807) is 30.3 Å². The molecule has 1 aliphatic rings. The minimum atomic E-state index is -4.40. The molecule has 0 radical (unpaired) electrons. The normalized spacial score (nSPS) is 19.9. The maximum atomic E-state index is 13.6. The summed E-state index contributed by atoms with van der Waals surface area (Å²) in [7, 11) is -0.349. The second kappa shape index (κ2) is 6.94. The molecule has 12 heteroatoms. The number of nitrogens with two attached hydrogens (primary N) is 1. The van der Waals surface area contributed by atoms with Gasteiger partial charge in [0.2, 0.25) is 17.4 Å². The fourth-order valence-electron chi connectivity index (χ4n) is 2.94. The van der Waals surface area contributed by atoms with Crippen molar-refractivity contribution in [3.63, 3.8) is 0 Å². The lowest BCUT2D eigenvalue weighted by Crippen LogP contribution is -2.40. The van der Waals surface area contributed by atoms with E-state index in [9.17, 15) is 22.0 Å². The van der Waals surface area contributed by atoms with E-state index < -0.39 is 49.2 Å². The fourth-order valence-corrected chi connectivity index (χ4v) is 3.95. The SMILES string of the molecule is BC(B)(c1ccccc1)S(=O)(=O)OC1=C(N)O[C@@](B)(c2cc(F)cc(F)c2)C1=O. The van der Waals surface area contributed by atoms with Crippen molar-refractivity contribution in [2.24, 2.45) is 5.73 Å². The molecule has 2 aromatic carbocycles. The van der Waals surface area contributed by atoms with Crippen LogP contribution in [0.5, 0.6) is 0 Å². The average molecular weight is 417 g/mol. The Balaban J connectivity index is 1.96. The molecule has 2 aromatic rings. The van der Waals surface area contributed by atoms with Crippen LogP contribution in [0.15, 0.2) is 60.2 Å². The lowest BCUT2D eigenvalue weighted by Gasteiger charge is -2.26. The third-order valence-electron chi connectivity index (χ3n) is 4.88. The van der Waals surface area contributed by atoms with Crippen LogP contribution in [0.4, 0.5) is 8.78 Å². The maximum absolute atomic E-state index is 13.6. The first-order valence-electron chi connectivity index (χ1n) is 8.58. The fraction of sp³-hybridized carbons (Fsp3) is 0.118. The standard InChI is InChI=1S/C17H16B3F2NO5S/c18-16(10-6-11(21)8-12(22)7-10)14(24)13(15(23)27-16)28-29(25,26)17(19,20)9-4-2-1-3-5-9/h1-8H,18-20,23H2/t16-/m0/s1. The summed E-state index contributed by atoms with van der Waals surface area (Å²) in [6, 6.07) is 10.7. The van der Waals surface area contributed by atoms with Gasteiger partial charge in [0.25, 0.3) is 0 Å². The molecule has 3 rings (SSSR count). The molecule has 6 nitrogen and oxygen atoms in total. The lowest BCUT2D eigenvalue weighted by atomic mass is 9.65. The van der Waals surface area contributed by atoms with Gasteiger partial charge in [0.15, 0.2) is 13.3 Å². The van der Waals surface area contributed by atoms with E-state index >= 15 is 0 Å². The summed E-state index contributed by atoms with van der Waals surface area (Å²) in [4.78, 5) is 12.9. The lowest BCUT2D eigenvalue weighted by molar-refractivity contribution is -0.126. The summed E-state index contributed by atoms with van der Waals surface area (Å²) in [6.07, 6.45) is 0. The van der Waals surface area contributed by atoms with Crippen molar-refractivity contribution >= 4 is 39.4 Å². The molecule has 29 heavy (non-hydrogen) atoms. The van der Waals surface area contributed by atoms with E-state index in [0.717, 1.165) is 12.1 Å². The van der Waals surface area contributed by atoms with Crippen LogP contribution >= 0.6 is 0 Å². The second-order valence-electron chi connectivity index (χ2n) is 7.23. The van der Waals surface area contributed by atoms with Crippen molar-refractivity contribution in [1.29, 1.82) is 0 Å². The van der Waals surface area contributed by atoms with Crippen LogP contribution in [0.25, 0.3) is 0 Å². The van der Waals surface area contributed by atoms with Gasteiger partial charge in [-0.15, -0.1) is 0 Å². The average Bonchev–Trinajstić information content (AvgIpc) is 2.85. The van der Waals surface area contributed by atoms with Crippen molar-refractivity contribution in [1.82, 2.24) is 0 Å². The Labute approximate surface area is 169 Å². The Morgan fingerprint density at radius 1 is 1.07 bits per heavy atom. The molecule has 0 fully saturated rings. The van der Waals surface area contributed by atoms with Gasteiger partial charge in [-0.1, -0.05) is 30.3 Å². The molecular formula is C17H16B3F2NO5S. The molecule has 2 N–H and O–H groups in total. The quantitative estimate of drug-likeness (QED) is 0.491. The number of ether oxygens (including phenoxy) is 1. The van der Waals surface area contributed by atoms with Crippen molar-refractivity contribution in [2.45, 2.75) is 10.0 Å². The van der Waals surface area contributed by atoms with Crippen LogP contribution < -0.4 is 5.73 Å². The predicted octanol–water partition coefficient (Wildman–Crippen LogP) is -1.10. The first-order chi connectivity index (χ1) is 13.4. The highest BCUT2D eigenvalue weighted by atomic mass is 32.2. The number of hydrogen-bond donors (Lipinski definition) is 1. The Morgan fingerprint density at radius 3 is 2.17 bits per heavy atom. The minimum Gasteiger partial charge on any atom is -0.467 e. The zero-order chi connectivity index (χ0) is 21.6. The third-order valence-corrected chi connectivity index (χ3v) is 6.75. The van der Waals surface area contributed by atoms with Gasteiger partial charge in [0.1, 0.15) is 27.3 Å². The third kappa shape index (κ3) is 3.52. The number of Topliss-reactive ketones (excluding diaryl/α,β-unsaturated/α-hetero) is 1. The van der Waals surface area contributed by atoms with Crippen LogP contribution in [-0.4, -0.2) is 37.7 Å². The zero-order valence-corrected chi connectivity index (χ0v) is 16.7. The van der Waals surface area contributed by atoms with Gasteiger partial charge < -0.3 is 14.7 Å². The van der Waals surface area contributed by atoms with Crippen LogP contribution in [0.1, 0.15) is 11.1 Å². The molecule has 148 valence electrons. The first kappa shape index (κ1) is 21.0. The number of hydrogen-bond acceptors (Lipinski definition) is 6. The van der Waals surface area contributed by atoms with Gasteiger partial charge in [-0.2, -0.15) is 8.42 Å². The van der Waals surface area contributed by atoms with Gasteiger partial charge >= 0.3 is 10.1 Å². The molecule has 0 amide bonds. The highest BCUT2D eigenvalue weighted by Crippen LogP contribution is 2.38. The molecule has 0 saturated heterocycles. The van der Waals surface area contributed by atoms with Crippen LogP contribution in [-0.2, 0) is 33.9 Å². The molecule has 0 bridgehead atoms. The number of carbonyl (C=O) groups excluding carboxylic acids is 1. The summed E-state index contributed by atoms with van der Waals surface area (Å²) in [5, 5.41) is 0. The predicted molar refractivity (Wildman–Crippen MR) is 109 cm³/mol. The zero-order valence-electron chi connectivity index (χ0n) is 15.9. The Hall–Kier alpha value is -2.75. The summed E-state index contributed by atoms with van der Waals surface area (Å²) >= 11 is 0. The highest BCUT2D eigenvalue weighted by Gasteiger charge is 2.51. The molecule has 1 heterocycles. The van der Waals surface area contributed by atoms with Crippen LogP contribution in [0, 0.1) is 11.6 Å². The number of carbonyl (C=O) groups is 1. The molecule has 0 unspecified atom stereocenters. The molecule has 0 aromatic heterocycles. The Kier molecular flexibility index (Phi) is 5.02. The van der Waals surface area contributed by atoms with Gasteiger partial charge in [-0.3, -0.25) is 4.79 Å². The van der Waals surface area contributed by atoms with Gasteiger partial charge in [0, 0.05) is 6.07 Å². The minimum absolute atomic E-state index is 0.165. The number of benzene rings is 2. The van der Waals surface area contributed by atoms with E-state index in [0.29, 0.717) is 11.6 Å². The van der Waals surface area contributed by atoms with Gasteiger partial charge in [-0.05, 0) is 23.3 Å². The molecule has 0 spiro atoms. The first-order valence-corrected chi connectivity index (χ1v) is 9.99. The largest absolute Gasteiger partial charge is 0.467 e. The monoisotopic (exact) mass is 417 g/mol. The summed E-state index contributed by atoms with van der Waals surface area (Å²) in [5.41, 5.74) is 4.04. The van der Waals surface area contributed by atoms with Crippen LogP contribution in [0.3, 0.4) is 0 Å². The van der Waals surface area contributed by atoms with E-state index in [2.05, 4.69) is 0 Å². The highest BCUT2D eigenvalue weighted by molar-refractivity contribution is 7.90. The topological polar surface area (TPSA) is 95.7 Å². The number of rotatable bonds is 5.